The van der Waals surface area contributed by atoms with Gasteiger partial charge in [0.2, 0.25) is 0 Å². The molecule has 74 valence electrons. The Labute approximate surface area is 83.9 Å². The molecule has 0 aliphatic rings. The summed E-state index contributed by atoms with van der Waals surface area (Å²) < 4.78 is 0. The Morgan fingerprint density at radius 1 is 1.14 bits per heavy atom. The minimum absolute atomic E-state index is 0.00543. The molecule has 0 fully saturated rings. The molecule has 0 spiro atoms. The van der Waals surface area contributed by atoms with Crippen LogP contribution in [0.4, 0.5) is 0 Å². The summed E-state index contributed by atoms with van der Waals surface area (Å²) in [7, 11) is 0. The number of benzene rings is 1. The number of rotatable bonds is 4. The van der Waals surface area contributed by atoms with Crippen molar-refractivity contribution in [3.63, 3.8) is 0 Å². The Balaban J connectivity index is 2.76. The van der Waals surface area contributed by atoms with E-state index in [1.807, 2.05) is 12.1 Å². The lowest BCUT2D eigenvalue weighted by atomic mass is 10.0. The Hall–Kier alpha value is -1.44. The highest BCUT2D eigenvalue weighted by atomic mass is 16.1. The summed E-state index contributed by atoms with van der Waals surface area (Å²) in [4.78, 5) is 22.2. The van der Waals surface area contributed by atoms with E-state index < -0.39 is 0 Å². The van der Waals surface area contributed by atoms with E-state index in [0.717, 1.165) is 6.42 Å². The van der Waals surface area contributed by atoms with Crippen molar-refractivity contribution in [3.05, 3.63) is 35.4 Å². The number of carbonyl (C=O) groups is 2. The average Bonchev–Trinajstić information content (AvgIpc) is 2.17. The van der Waals surface area contributed by atoms with Gasteiger partial charge >= 0.3 is 0 Å². The number of aryl methyl sites for hydroxylation is 1. The van der Waals surface area contributed by atoms with Gasteiger partial charge in [0.15, 0.2) is 5.78 Å². The Kier molecular flexibility index (Phi) is 3.57. The minimum atomic E-state index is -0.0971. The lowest BCUT2D eigenvalue weighted by Crippen LogP contribution is -2.04. The molecule has 14 heavy (non-hydrogen) atoms. The molecule has 0 radical (unpaired) electrons. The molecule has 0 bridgehead atoms. The molecular formula is C12H14O2. The Morgan fingerprint density at radius 2 is 1.71 bits per heavy atom. The van der Waals surface area contributed by atoms with E-state index in [9.17, 15) is 9.59 Å². The van der Waals surface area contributed by atoms with Crippen molar-refractivity contribution >= 4 is 11.6 Å². The second-order valence-electron chi connectivity index (χ2n) is 3.35. The van der Waals surface area contributed by atoms with Gasteiger partial charge in [-0.25, -0.2) is 0 Å². The zero-order valence-corrected chi connectivity index (χ0v) is 8.54. The first kappa shape index (κ1) is 10.6. The summed E-state index contributed by atoms with van der Waals surface area (Å²) in [6, 6.07) is 7.41. The van der Waals surface area contributed by atoms with Crippen LogP contribution in [-0.4, -0.2) is 11.6 Å². The standard InChI is InChI=1S/C12H14O2/c1-3-10-4-6-11(7-5-10)12(14)8-9(2)13/h4-7H,3,8H2,1-2H3. The van der Waals surface area contributed by atoms with Crippen molar-refractivity contribution in [2.24, 2.45) is 0 Å². The van der Waals surface area contributed by atoms with Gasteiger partial charge in [0.1, 0.15) is 5.78 Å². The molecule has 2 heteroatoms. The van der Waals surface area contributed by atoms with E-state index >= 15 is 0 Å². The molecule has 1 rings (SSSR count). The first-order chi connectivity index (χ1) is 6.63. The van der Waals surface area contributed by atoms with Crippen LogP contribution in [0, 0.1) is 0 Å². The first-order valence-electron chi connectivity index (χ1n) is 4.75. The van der Waals surface area contributed by atoms with Crippen molar-refractivity contribution in [1.82, 2.24) is 0 Å². The molecule has 0 atom stereocenters. The van der Waals surface area contributed by atoms with Gasteiger partial charge in [0.05, 0.1) is 6.42 Å². The van der Waals surface area contributed by atoms with Gasteiger partial charge in [-0.1, -0.05) is 31.2 Å². The fourth-order valence-corrected chi connectivity index (χ4v) is 1.25. The lowest BCUT2D eigenvalue weighted by Gasteiger charge is -2.00. The summed E-state index contributed by atoms with van der Waals surface area (Å²) >= 11 is 0. The molecule has 2 nitrogen and oxygen atoms in total. The lowest BCUT2D eigenvalue weighted by molar-refractivity contribution is -0.116. The van der Waals surface area contributed by atoms with E-state index in [2.05, 4.69) is 6.92 Å². The van der Waals surface area contributed by atoms with Crippen molar-refractivity contribution in [3.8, 4) is 0 Å². The average molecular weight is 190 g/mol. The third-order valence-electron chi connectivity index (χ3n) is 2.09. The third-order valence-corrected chi connectivity index (χ3v) is 2.09. The van der Waals surface area contributed by atoms with Crippen molar-refractivity contribution in [2.45, 2.75) is 26.7 Å². The van der Waals surface area contributed by atoms with Crippen LogP contribution in [-0.2, 0) is 11.2 Å². The highest BCUT2D eigenvalue weighted by Crippen LogP contribution is 2.07. The molecule has 0 aliphatic carbocycles. The molecule has 0 heterocycles. The van der Waals surface area contributed by atoms with Crippen LogP contribution in [0.3, 0.4) is 0 Å². The van der Waals surface area contributed by atoms with Crippen molar-refractivity contribution in [2.75, 3.05) is 0 Å². The number of hydrogen-bond donors (Lipinski definition) is 0. The Bertz CT molecular complexity index is 336. The van der Waals surface area contributed by atoms with Gasteiger partial charge in [-0.2, -0.15) is 0 Å². The van der Waals surface area contributed by atoms with Crippen LogP contribution in [0.5, 0.6) is 0 Å². The van der Waals surface area contributed by atoms with Crippen LogP contribution in [0.1, 0.15) is 36.2 Å². The largest absolute Gasteiger partial charge is 0.300 e. The molecule has 0 amide bonds. The maximum atomic E-state index is 11.4. The molecule has 0 aromatic heterocycles. The normalized spacial score (nSPS) is 9.86. The minimum Gasteiger partial charge on any atom is -0.300 e. The van der Waals surface area contributed by atoms with Crippen molar-refractivity contribution in [1.29, 1.82) is 0 Å². The SMILES string of the molecule is CCc1ccc(C(=O)CC(C)=O)cc1. The molecular weight excluding hydrogens is 176 g/mol. The fourth-order valence-electron chi connectivity index (χ4n) is 1.25. The zero-order valence-electron chi connectivity index (χ0n) is 8.54. The monoisotopic (exact) mass is 190 g/mol. The summed E-state index contributed by atoms with van der Waals surface area (Å²) in [5, 5.41) is 0. The summed E-state index contributed by atoms with van der Waals surface area (Å²) in [5.74, 6) is -0.185. The van der Waals surface area contributed by atoms with Crippen LogP contribution in [0.25, 0.3) is 0 Å². The Morgan fingerprint density at radius 3 is 2.14 bits per heavy atom. The van der Waals surface area contributed by atoms with E-state index in [0.29, 0.717) is 5.56 Å². The van der Waals surface area contributed by atoms with Gasteiger partial charge in [-0.15, -0.1) is 0 Å². The van der Waals surface area contributed by atoms with Crippen molar-refractivity contribution < 1.29 is 9.59 Å². The van der Waals surface area contributed by atoms with Gasteiger partial charge < -0.3 is 0 Å². The molecule has 0 saturated carbocycles. The number of ketones is 2. The summed E-state index contributed by atoms with van der Waals surface area (Å²) in [5.41, 5.74) is 1.82. The van der Waals surface area contributed by atoms with Gasteiger partial charge in [0, 0.05) is 5.56 Å². The highest BCUT2D eigenvalue weighted by molar-refractivity contribution is 6.07. The molecule has 0 aliphatic heterocycles. The zero-order chi connectivity index (χ0) is 10.6. The van der Waals surface area contributed by atoms with Crippen LogP contribution >= 0.6 is 0 Å². The molecule has 0 unspecified atom stereocenters. The molecule has 1 aromatic rings. The number of carbonyl (C=O) groups excluding carboxylic acids is 2. The number of hydrogen-bond acceptors (Lipinski definition) is 2. The predicted molar refractivity (Wildman–Crippen MR) is 55.4 cm³/mol. The predicted octanol–water partition coefficient (Wildman–Crippen LogP) is 2.41. The topological polar surface area (TPSA) is 34.1 Å². The maximum absolute atomic E-state index is 11.4. The molecule has 0 N–H and O–H groups in total. The van der Waals surface area contributed by atoms with Gasteiger partial charge in [-0.3, -0.25) is 9.59 Å². The van der Waals surface area contributed by atoms with Crippen LogP contribution in [0.2, 0.25) is 0 Å². The third kappa shape index (κ3) is 2.80. The number of Topliss-reactive ketones (excluding diaryl/α,β-unsaturated/α-hetero) is 2. The van der Waals surface area contributed by atoms with Gasteiger partial charge in [0.25, 0.3) is 0 Å². The van der Waals surface area contributed by atoms with Gasteiger partial charge in [-0.05, 0) is 18.9 Å². The van der Waals surface area contributed by atoms with E-state index in [4.69, 9.17) is 0 Å². The van der Waals surface area contributed by atoms with Crippen LogP contribution in [0.15, 0.2) is 24.3 Å². The second kappa shape index (κ2) is 4.70. The first-order valence-corrected chi connectivity index (χ1v) is 4.75. The van der Waals surface area contributed by atoms with E-state index in [-0.39, 0.29) is 18.0 Å². The molecule has 1 aromatic carbocycles. The van der Waals surface area contributed by atoms with Crippen LogP contribution < -0.4 is 0 Å². The highest BCUT2D eigenvalue weighted by Gasteiger charge is 2.07. The maximum Gasteiger partial charge on any atom is 0.170 e. The summed E-state index contributed by atoms with van der Waals surface area (Å²) in [6.07, 6.45) is 0.965. The van der Waals surface area contributed by atoms with E-state index in [1.54, 1.807) is 12.1 Å². The fraction of sp³-hybridized carbons (Fsp3) is 0.333. The quantitative estimate of drug-likeness (QED) is 0.539. The smallest absolute Gasteiger partial charge is 0.170 e. The van der Waals surface area contributed by atoms with E-state index in [1.165, 1.54) is 12.5 Å². The summed E-state index contributed by atoms with van der Waals surface area (Å²) in [6.45, 7) is 3.49. The second-order valence-corrected chi connectivity index (χ2v) is 3.35. The molecule has 0 saturated heterocycles.